The molecule has 0 N–H and O–H groups in total. The number of hydrogen-bond donors (Lipinski definition) is 0. The van der Waals surface area contributed by atoms with Crippen LogP contribution in [0.1, 0.15) is 33.4 Å². The van der Waals surface area contributed by atoms with Gasteiger partial charge >= 0.3 is 0 Å². The molecule has 0 saturated heterocycles. The van der Waals surface area contributed by atoms with Crippen molar-refractivity contribution < 1.29 is 28.4 Å². The van der Waals surface area contributed by atoms with Crippen LogP contribution in [0.3, 0.4) is 0 Å². The van der Waals surface area contributed by atoms with E-state index in [1.54, 1.807) is 42.7 Å². The summed E-state index contributed by atoms with van der Waals surface area (Å²) in [5.74, 6) is 4.33. The number of methoxy groups -OCH3 is 6. The van der Waals surface area contributed by atoms with E-state index in [1.807, 2.05) is 36.4 Å². The van der Waals surface area contributed by atoms with E-state index in [4.69, 9.17) is 28.4 Å². The fraction of sp³-hybridized carbons (Fsp3) is 0.273. The van der Waals surface area contributed by atoms with Gasteiger partial charge in [0, 0.05) is 0 Å². The van der Waals surface area contributed by atoms with E-state index < -0.39 is 0 Å². The first kappa shape index (κ1) is 27.7. The van der Waals surface area contributed by atoms with Crippen molar-refractivity contribution in [2.75, 3.05) is 42.7 Å². The number of hydrogen-bond acceptors (Lipinski definition) is 6. The molecule has 0 spiro atoms. The van der Waals surface area contributed by atoms with Gasteiger partial charge in [0.25, 0.3) is 0 Å². The SMILES string of the molecule is COc1ccc(Cc2cc(Cc3ccc(OC)c(OC)c3)cc(Cc3ccc(OC)c(OC)c3)c2)cc1OC. The van der Waals surface area contributed by atoms with Crippen LogP contribution in [0.4, 0.5) is 0 Å². The van der Waals surface area contributed by atoms with Crippen molar-refractivity contribution in [2.24, 2.45) is 0 Å². The first-order chi connectivity index (χ1) is 19.0. The Hall–Kier alpha value is -4.32. The fourth-order valence-electron chi connectivity index (χ4n) is 4.82. The Kier molecular flexibility index (Phi) is 9.21. The van der Waals surface area contributed by atoms with Crippen molar-refractivity contribution in [3.63, 3.8) is 0 Å². The Bertz CT molecular complexity index is 1230. The number of ether oxygens (including phenoxy) is 6. The van der Waals surface area contributed by atoms with Gasteiger partial charge in [-0.25, -0.2) is 0 Å². The highest BCUT2D eigenvalue weighted by molar-refractivity contribution is 5.48. The molecule has 0 aliphatic rings. The van der Waals surface area contributed by atoms with Gasteiger partial charge < -0.3 is 28.4 Å². The molecule has 0 amide bonds. The van der Waals surface area contributed by atoms with Crippen LogP contribution in [0.5, 0.6) is 34.5 Å². The lowest BCUT2D eigenvalue weighted by Gasteiger charge is -2.14. The predicted octanol–water partition coefficient (Wildman–Crippen LogP) is 6.51. The largest absolute Gasteiger partial charge is 0.493 e. The molecule has 6 nitrogen and oxygen atoms in total. The fourth-order valence-corrected chi connectivity index (χ4v) is 4.82. The minimum absolute atomic E-state index is 0.720. The van der Waals surface area contributed by atoms with Gasteiger partial charge in [-0.3, -0.25) is 0 Å². The Morgan fingerprint density at radius 3 is 0.795 bits per heavy atom. The van der Waals surface area contributed by atoms with Crippen LogP contribution in [0, 0.1) is 0 Å². The quantitative estimate of drug-likeness (QED) is 0.209. The molecule has 4 rings (SSSR count). The first-order valence-electron chi connectivity index (χ1n) is 12.7. The summed E-state index contributed by atoms with van der Waals surface area (Å²) in [5, 5.41) is 0. The summed E-state index contributed by atoms with van der Waals surface area (Å²) >= 11 is 0. The van der Waals surface area contributed by atoms with Gasteiger partial charge in [-0.15, -0.1) is 0 Å². The highest BCUT2D eigenvalue weighted by atomic mass is 16.5. The van der Waals surface area contributed by atoms with Crippen molar-refractivity contribution in [1.29, 1.82) is 0 Å². The van der Waals surface area contributed by atoms with E-state index in [2.05, 4.69) is 36.4 Å². The third-order valence-corrected chi connectivity index (χ3v) is 6.68. The second-order valence-electron chi connectivity index (χ2n) is 9.26. The maximum atomic E-state index is 5.53. The van der Waals surface area contributed by atoms with Crippen molar-refractivity contribution in [3.8, 4) is 34.5 Å². The predicted molar refractivity (Wildman–Crippen MR) is 153 cm³/mol. The molecule has 0 bridgehead atoms. The lowest BCUT2D eigenvalue weighted by molar-refractivity contribution is 0.354. The molecule has 4 aromatic rings. The van der Waals surface area contributed by atoms with Crippen LogP contribution in [0.15, 0.2) is 72.8 Å². The molecule has 0 aromatic heterocycles. The molecule has 0 fully saturated rings. The van der Waals surface area contributed by atoms with E-state index in [0.29, 0.717) is 0 Å². The summed E-state index contributed by atoms with van der Waals surface area (Å²) in [6.07, 6.45) is 2.29. The third-order valence-electron chi connectivity index (χ3n) is 6.68. The molecule has 0 saturated carbocycles. The molecular formula is C33H36O6. The van der Waals surface area contributed by atoms with E-state index in [9.17, 15) is 0 Å². The van der Waals surface area contributed by atoms with Crippen LogP contribution in [0.2, 0.25) is 0 Å². The van der Waals surface area contributed by atoms with E-state index in [-0.39, 0.29) is 0 Å². The summed E-state index contributed by atoms with van der Waals surface area (Å²) in [4.78, 5) is 0. The van der Waals surface area contributed by atoms with Crippen molar-refractivity contribution in [3.05, 3.63) is 106 Å². The molecule has 0 aliphatic carbocycles. The van der Waals surface area contributed by atoms with Crippen molar-refractivity contribution in [2.45, 2.75) is 19.3 Å². The molecule has 0 heterocycles. The Balaban J connectivity index is 1.69. The Morgan fingerprint density at radius 2 is 0.564 bits per heavy atom. The van der Waals surface area contributed by atoms with Crippen LogP contribution in [-0.4, -0.2) is 42.7 Å². The summed E-state index contributed by atoms with van der Waals surface area (Å²) < 4.78 is 32.9. The number of benzene rings is 4. The topological polar surface area (TPSA) is 55.4 Å². The zero-order valence-electron chi connectivity index (χ0n) is 23.5. The van der Waals surface area contributed by atoms with Gasteiger partial charge in [0.15, 0.2) is 34.5 Å². The van der Waals surface area contributed by atoms with E-state index in [0.717, 1.165) is 70.4 Å². The Labute approximate surface area is 231 Å². The number of rotatable bonds is 12. The lowest BCUT2D eigenvalue weighted by atomic mass is 9.93. The molecule has 6 heteroatoms. The average Bonchev–Trinajstić information content (AvgIpc) is 2.96. The van der Waals surface area contributed by atoms with E-state index >= 15 is 0 Å². The molecular weight excluding hydrogens is 492 g/mol. The maximum absolute atomic E-state index is 5.53. The van der Waals surface area contributed by atoms with Gasteiger partial charge in [-0.2, -0.15) is 0 Å². The minimum Gasteiger partial charge on any atom is -0.493 e. The van der Waals surface area contributed by atoms with Gasteiger partial charge in [0.1, 0.15) is 0 Å². The summed E-state index contributed by atoms with van der Waals surface area (Å²) in [6.45, 7) is 0. The highest BCUT2D eigenvalue weighted by Crippen LogP contribution is 2.32. The van der Waals surface area contributed by atoms with Gasteiger partial charge in [0.05, 0.1) is 42.7 Å². The van der Waals surface area contributed by atoms with Gasteiger partial charge in [-0.1, -0.05) is 36.4 Å². The van der Waals surface area contributed by atoms with Crippen LogP contribution < -0.4 is 28.4 Å². The normalized spacial score (nSPS) is 10.6. The second kappa shape index (κ2) is 13.0. The van der Waals surface area contributed by atoms with Crippen LogP contribution in [0.25, 0.3) is 0 Å². The monoisotopic (exact) mass is 528 g/mol. The summed E-state index contributed by atoms with van der Waals surface area (Å²) in [7, 11) is 9.92. The summed E-state index contributed by atoms with van der Waals surface area (Å²) in [5.41, 5.74) is 7.09. The van der Waals surface area contributed by atoms with Crippen molar-refractivity contribution >= 4 is 0 Å². The molecule has 39 heavy (non-hydrogen) atoms. The third kappa shape index (κ3) is 6.77. The molecule has 0 atom stereocenters. The van der Waals surface area contributed by atoms with Gasteiger partial charge in [-0.05, 0) is 89.0 Å². The van der Waals surface area contributed by atoms with Gasteiger partial charge in [0.2, 0.25) is 0 Å². The van der Waals surface area contributed by atoms with E-state index in [1.165, 1.54) is 16.7 Å². The standard InChI is InChI=1S/C33H36O6/c1-34-28-10-7-22(19-31(28)37-4)13-25-16-26(14-23-8-11-29(35-2)32(20-23)38-5)18-27(17-25)15-24-9-12-30(36-3)33(21-24)39-6/h7-12,16-21H,13-15H2,1-6H3. The molecule has 0 radical (unpaired) electrons. The molecule has 204 valence electrons. The lowest BCUT2D eigenvalue weighted by Crippen LogP contribution is -1.99. The molecule has 0 unspecified atom stereocenters. The average molecular weight is 529 g/mol. The van der Waals surface area contributed by atoms with Crippen molar-refractivity contribution in [1.82, 2.24) is 0 Å². The zero-order valence-corrected chi connectivity index (χ0v) is 23.5. The second-order valence-corrected chi connectivity index (χ2v) is 9.26. The smallest absolute Gasteiger partial charge is 0.160 e. The van der Waals surface area contributed by atoms with Crippen LogP contribution >= 0.6 is 0 Å². The maximum Gasteiger partial charge on any atom is 0.160 e. The minimum atomic E-state index is 0.720. The molecule has 0 aliphatic heterocycles. The van der Waals surface area contributed by atoms with Crippen LogP contribution in [-0.2, 0) is 19.3 Å². The first-order valence-corrected chi connectivity index (χ1v) is 12.7. The summed E-state index contributed by atoms with van der Waals surface area (Å²) in [6, 6.07) is 25.0. The molecule has 4 aromatic carbocycles. The Morgan fingerprint density at radius 1 is 0.308 bits per heavy atom. The highest BCUT2D eigenvalue weighted by Gasteiger charge is 2.11. The zero-order chi connectivity index (χ0) is 27.8.